The second-order valence-electron chi connectivity index (χ2n) is 4.27. The molecule has 0 atom stereocenters. The topological polar surface area (TPSA) is 77.7 Å². The first-order valence-corrected chi connectivity index (χ1v) is 6.99. The van der Waals surface area contributed by atoms with Crippen LogP contribution in [0.1, 0.15) is 18.1 Å². The molecule has 0 aliphatic heterocycles. The van der Waals surface area contributed by atoms with Crippen molar-refractivity contribution in [1.29, 1.82) is 5.26 Å². The number of thiocarbonyl (C=S) groups is 1. The van der Waals surface area contributed by atoms with Gasteiger partial charge in [0.25, 0.3) is 0 Å². The van der Waals surface area contributed by atoms with Gasteiger partial charge in [0.1, 0.15) is 5.71 Å². The fraction of sp³-hybridized carbons (Fsp3) is 0.286. The van der Waals surface area contributed by atoms with Crippen LogP contribution in [0, 0.1) is 18.3 Å². The highest BCUT2D eigenvalue weighted by molar-refractivity contribution is 7.80. The van der Waals surface area contributed by atoms with Crippen molar-refractivity contribution in [2.45, 2.75) is 13.8 Å². The van der Waals surface area contributed by atoms with Crippen molar-refractivity contribution in [2.75, 3.05) is 19.2 Å². The first kappa shape index (κ1) is 17.9. The number of hydrogen-bond donors (Lipinski definition) is 1. The normalized spacial score (nSPS) is 10.6. The predicted molar refractivity (Wildman–Crippen MR) is 90.2 cm³/mol. The van der Waals surface area contributed by atoms with Gasteiger partial charge in [-0.05, 0) is 43.8 Å². The number of hydrazone groups is 1. The van der Waals surface area contributed by atoms with Crippen LogP contribution in [0.3, 0.4) is 0 Å². The zero-order valence-electron chi connectivity index (χ0n) is 12.6. The van der Waals surface area contributed by atoms with Gasteiger partial charge < -0.3 is 10.1 Å². The summed E-state index contributed by atoms with van der Waals surface area (Å²) in [7, 11) is 2.89. The van der Waals surface area contributed by atoms with Crippen LogP contribution >= 0.6 is 23.8 Å². The van der Waals surface area contributed by atoms with Crippen molar-refractivity contribution in [3.63, 3.8) is 0 Å². The quantitative estimate of drug-likeness (QED) is 0.394. The van der Waals surface area contributed by atoms with E-state index in [-0.39, 0.29) is 10.8 Å². The highest BCUT2D eigenvalue weighted by atomic mass is 35.5. The molecule has 0 saturated carbocycles. The van der Waals surface area contributed by atoms with Crippen LogP contribution in [0.25, 0.3) is 0 Å². The number of nitriles is 1. The number of hydrogen-bond acceptors (Lipinski definition) is 5. The number of anilines is 1. The molecule has 0 aliphatic rings. The fourth-order valence-corrected chi connectivity index (χ4v) is 1.99. The van der Waals surface area contributed by atoms with E-state index < -0.39 is 5.97 Å². The number of carbonyl (C=O) groups excluding carboxylic acids is 1. The van der Waals surface area contributed by atoms with E-state index in [4.69, 9.17) is 29.1 Å². The summed E-state index contributed by atoms with van der Waals surface area (Å²) in [6.07, 6.45) is 0. The molecule has 1 aromatic rings. The van der Waals surface area contributed by atoms with Crippen LogP contribution in [0.5, 0.6) is 0 Å². The third kappa shape index (κ3) is 3.93. The van der Waals surface area contributed by atoms with Gasteiger partial charge in [-0.3, -0.25) is 0 Å². The van der Waals surface area contributed by atoms with E-state index in [2.05, 4.69) is 21.2 Å². The number of nitrogens with zero attached hydrogens (tertiary/aromatic N) is 3. The van der Waals surface area contributed by atoms with E-state index in [1.54, 1.807) is 20.0 Å². The van der Waals surface area contributed by atoms with Gasteiger partial charge in [-0.2, -0.15) is 10.4 Å². The van der Waals surface area contributed by atoms with E-state index in [1.807, 2.05) is 0 Å². The largest absolute Gasteiger partial charge is 0.464 e. The second-order valence-corrected chi connectivity index (χ2v) is 5.07. The molecule has 116 valence electrons. The van der Waals surface area contributed by atoms with Crippen molar-refractivity contribution >= 4 is 46.3 Å². The van der Waals surface area contributed by atoms with Crippen LogP contribution < -0.4 is 10.3 Å². The summed E-state index contributed by atoms with van der Waals surface area (Å²) in [6.45, 7) is 3.28. The third-order valence-electron chi connectivity index (χ3n) is 2.78. The summed E-state index contributed by atoms with van der Waals surface area (Å²) in [5, 5.41) is 17.8. The van der Waals surface area contributed by atoms with Crippen LogP contribution in [0.4, 0.5) is 5.69 Å². The first-order chi connectivity index (χ1) is 10.3. The van der Waals surface area contributed by atoms with Crippen molar-refractivity contribution < 1.29 is 9.53 Å². The Kier molecular flexibility index (Phi) is 6.28. The summed E-state index contributed by atoms with van der Waals surface area (Å²) >= 11 is 11.4. The van der Waals surface area contributed by atoms with Crippen LogP contribution in [-0.2, 0) is 9.53 Å². The predicted octanol–water partition coefficient (Wildman–Crippen LogP) is 2.38. The molecular formula is C14H15ClN4O2S. The molecule has 1 aromatic carbocycles. The number of aryl methyl sites for hydroxylation is 1. The molecule has 0 aromatic heterocycles. The van der Waals surface area contributed by atoms with Gasteiger partial charge in [-0.15, -0.1) is 0 Å². The number of rotatable bonds is 3. The molecule has 1 N–H and O–H groups in total. The number of carbonyl (C=O) groups is 1. The Bertz CT molecular complexity index is 682. The van der Waals surface area contributed by atoms with Crippen LogP contribution in [0.2, 0.25) is 5.02 Å². The molecule has 0 amide bonds. The monoisotopic (exact) mass is 338 g/mol. The standard InChI is InChI=1S/C14H15ClN4O2S/c1-8-5-12(11(15)6-10(8)7-16)19(14(22)17-3)18-9(2)13(20)21-4/h5-6H,1-4H3,(H,17,22)/b18-9-. The molecule has 0 spiro atoms. The lowest BCUT2D eigenvalue weighted by atomic mass is 10.1. The molecular weight excluding hydrogens is 324 g/mol. The lowest BCUT2D eigenvalue weighted by molar-refractivity contribution is -0.132. The van der Waals surface area contributed by atoms with Gasteiger partial charge in [0.05, 0.1) is 29.5 Å². The lowest BCUT2D eigenvalue weighted by Crippen LogP contribution is -2.35. The molecule has 8 heteroatoms. The van der Waals surface area contributed by atoms with E-state index >= 15 is 0 Å². The minimum absolute atomic E-state index is 0.109. The van der Waals surface area contributed by atoms with Gasteiger partial charge >= 0.3 is 5.97 Å². The lowest BCUT2D eigenvalue weighted by Gasteiger charge is -2.22. The van der Waals surface area contributed by atoms with Gasteiger partial charge in [0, 0.05) is 7.05 Å². The Morgan fingerprint density at radius 2 is 2.18 bits per heavy atom. The summed E-state index contributed by atoms with van der Waals surface area (Å²) < 4.78 is 4.62. The Morgan fingerprint density at radius 3 is 2.68 bits per heavy atom. The number of benzene rings is 1. The van der Waals surface area contributed by atoms with Crippen molar-refractivity contribution in [3.05, 3.63) is 28.3 Å². The Balaban J connectivity index is 3.42. The van der Waals surface area contributed by atoms with Crippen molar-refractivity contribution in [2.24, 2.45) is 5.10 Å². The molecule has 6 nitrogen and oxygen atoms in total. The van der Waals surface area contributed by atoms with Crippen LogP contribution in [-0.4, -0.2) is 31.0 Å². The highest BCUT2D eigenvalue weighted by Crippen LogP contribution is 2.29. The van der Waals surface area contributed by atoms with Gasteiger partial charge in [-0.25, -0.2) is 9.80 Å². The zero-order valence-corrected chi connectivity index (χ0v) is 14.2. The van der Waals surface area contributed by atoms with Gasteiger partial charge in [0.15, 0.2) is 5.11 Å². The molecule has 0 aliphatic carbocycles. The highest BCUT2D eigenvalue weighted by Gasteiger charge is 2.18. The second kappa shape index (κ2) is 7.73. The Hall–Kier alpha value is -2.17. The summed E-state index contributed by atoms with van der Waals surface area (Å²) in [5.74, 6) is -0.578. The summed E-state index contributed by atoms with van der Waals surface area (Å²) in [4.78, 5) is 11.5. The average Bonchev–Trinajstić information content (AvgIpc) is 2.52. The third-order valence-corrected chi connectivity index (χ3v) is 3.46. The van der Waals surface area contributed by atoms with E-state index in [1.165, 1.54) is 25.1 Å². The Labute approximate surface area is 139 Å². The number of methoxy groups -OCH3 is 1. The molecule has 0 unspecified atom stereocenters. The van der Waals surface area contributed by atoms with Gasteiger partial charge in [0.2, 0.25) is 0 Å². The summed E-state index contributed by atoms with van der Waals surface area (Å²) in [5.41, 5.74) is 1.74. The van der Waals surface area contributed by atoms with E-state index in [0.29, 0.717) is 16.3 Å². The summed E-state index contributed by atoms with van der Waals surface area (Å²) in [6, 6.07) is 5.26. The SMILES string of the molecule is CNC(=S)N(/N=C(/C)C(=O)OC)c1cc(C)c(C#N)cc1Cl. The number of nitrogens with one attached hydrogen (secondary N) is 1. The molecule has 0 heterocycles. The minimum Gasteiger partial charge on any atom is -0.464 e. The minimum atomic E-state index is -0.578. The number of ether oxygens (including phenoxy) is 1. The number of halogens is 1. The smallest absolute Gasteiger partial charge is 0.353 e. The van der Waals surface area contributed by atoms with E-state index in [9.17, 15) is 4.79 Å². The van der Waals surface area contributed by atoms with Gasteiger partial charge in [-0.1, -0.05) is 11.6 Å². The molecule has 1 rings (SSSR count). The fourth-order valence-electron chi connectivity index (χ4n) is 1.60. The molecule has 22 heavy (non-hydrogen) atoms. The Morgan fingerprint density at radius 1 is 1.55 bits per heavy atom. The van der Waals surface area contributed by atoms with E-state index in [0.717, 1.165) is 5.56 Å². The maximum absolute atomic E-state index is 11.5. The zero-order chi connectivity index (χ0) is 16.9. The maximum atomic E-state index is 11.5. The number of esters is 1. The maximum Gasteiger partial charge on any atom is 0.353 e. The average molecular weight is 339 g/mol. The van der Waals surface area contributed by atoms with Crippen LogP contribution in [0.15, 0.2) is 17.2 Å². The molecule has 0 radical (unpaired) electrons. The molecule has 0 saturated heterocycles. The van der Waals surface area contributed by atoms with Crippen molar-refractivity contribution in [3.8, 4) is 6.07 Å². The van der Waals surface area contributed by atoms with Crippen molar-refractivity contribution in [1.82, 2.24) is 5.32 Å². The molecule has 0 bridgehead atoms. The molecule has 0 fully saturated rings. The first-order valence-electron chi connectivity index (χ1n) is 6.21.